The number of amides is 1. The van der Waals surface area contributed by atoms with Gasteiger partial charge in [-0.2, -0.15) is 10.2 Å². The number of aromatic nitrogens is 4. The minimum Gasteiger partial charge on any atom is -0.368 e. The number of likely N-dealkylation sites (tertiary alicyclic amines) is 1. The maximum atomic E-state index is 12.9. The summed E-state index contributed by atoms with van der Waals surface area (Å²) in [5.74, 6) is 0.191. The van der Waals surface area contributed by atoms with E-state index in [4.69, 9.17) is 9.84 Å². The van der Waals surface area contributed by atoms with Gasteiger partial charge in [-0.05, 0) is 63.3 Å². The number of carbonyl (C=O) groups is 1. The Hall–Kier alpha value is -2.93. The van der Waals surface area contributed by atoms with Crippen molar-refractivity contribution in [2.24, 2.45) is 0 Å². The fraction of sp³-hybridized carbons (Fsp3) is 0.480. The highest BCUT2D eigenvalue weighted by Crippen LogP contribution is 2.41. The van der Waals surface area contributed by atoms with Crippen LogP contribution in [0.15, 0.2) is 36.5 Å². The molecule has 3 aromatic rings. The van der Waals surface area contributed by atoms with Crippen molar-refractivity contribution in [1.29, 1.82) is 0 Å². The van der Waals surface area contributed by atoms with Gasteiger partial charge in [-0.25, -0.2) is 4.68 Å². The van der Waals surface area contributed by atoms with E-state index in [9.17, 15) is 4.79 Å². The standard InChI is InChI=1S/C25H31N5O2/c1-18-19(2)26-29(20(18)3)13-9-23(31)28-14-11-25(12-15-28)24-21(10-16-32-25)17-30(27-24)22-7-5-4-6-8-22/h4-8,17H,9-16H2,1-3H3. The number of rotatable bonds is 4. The maximum absolute atomic E-state index is 12.9. The molecule has 7 heteroatoms. The molecule has 1 amide bonds. The minimum atomic E-state index is -0.378. The Kier molecular flexibility index (Phi) is 5.37. The highest BCUT2D eigenvalue weighted by molar-refractivity contribution is 5.76. The summed E-state index contributed by atoms with van der Waals surface area (Å²) in [4.78, 5) is 14.9. The maximum Gasteiger partial charge on any atom is 0.224 e. The van der Waals surface area contributed by atoms with E-state index in [1.807, 2.05) is 39.4 Å². The smallest absolute Gasteiger partial charge is 0.224 e. The molecule has 2 aliphatic rings. The van der Waals surface area contributed by atoms with Crippen molar-refractivity contribution in [3.8, 4) is 5.69 Å². The minimum absolute atomic E-state index is 0.191. The van der Waals surface area contributed by atoms with Gasteiger partial charge in [0.05, 0.1) is 23.7 Å². The first-order chi connectivity index (χ1) is 15.5. The third-order valence-electron chi connectivity index (χ3n) is 7.20. The summed E-state index contributed by atoms with van der Waals surface area (Å²) in [7, 11) is 0. The summed E-state index contributed by atoms with van der Waals surface area (Å²) in [6.07, 6.45) is 5.08. The van der Waals surface area contributed by atoms with E-state index in [0.29, 0.717) is 32.7 Å². The van der Waals surface area contributed by atoms with Gasteiger partial charge in [0.2, 0.25) is 5.91 Å². The van der Waals surface area contributed by atoms with Crippen LogP contribution in [0.3, 0.4) is 0 Å². The number of hydrogen-bond donors (Lipinski definition) is 0. The molecular formula is C25H31N5O2. The summed E-state index contributed by atoms with van der Waals surface area (Å²) in [6.45, 7) is 8.90. The number of benzene rings is 1. The van der Waals surface area contributed by atoms with Crippen molar-refractivity contribution in [1.82, 2.24) is 24.5 Å². The summed E-state index contributed by atoms with van der Waals surface area (Å²) >= 11 is 0. The molecule has 7 nitrogen and oxygen atoms in total. The Balaban J connectivity index is 1.26. The molecule has 2 aromatic heterocycles. The van der Waals surface area contributed by atoms with E-state index in [0.717, 1.165) is 42.0 Å². The quantitative estimate of drug-likeness (QED) is 0.632. The molecule has 0 saturated carbocycles. The summed E-state index contributed by atoms with van der Waals surface area (Å²) in [6, 6.07) is 10.2. The number of piperidine rings is 1. The zero-order valence-electron chi connectivity index (χ0n) is 19.2. The molecular weight excluding hydrogens is 402 g/mol. The number of hydrogen-bond acceptors (Lipinski definition) is 4. The monoisotopic (exact) mass is 433 g/mol. The molecule has 2 aliphatic heterocycles. The largest absolute Gasteiger partial charge is 0.368 e. The number of carbonyl (C=O) groups excluding carboxylic acids is 1. The lowest BCUT2D eigenvalue weighted by Crippen LogP contribution is -2.48. The Labute approximate surface area is 189 Å². The molecule has 0 atom stereocenters. The molecule has 0 radical (unpaired) electrons. The second-order valence-electron chi connectivity index (χ2n) is 9.03. The third kappa shape index (κ3) is 3.64. The van der Waals surface area contributed by atoms with E-state index in [1.165, 1.54) is 11.1 Å². The van der Waals surface area contributed by atoms with Crippen molar-refractivity contribution >= 4 is 5.91 Å². The van der Waals surface area contributed by atoms with Crippen molar-refractivity contribution in [2.45, 2.75) is 58.6 Å². The van der Waals surface area contributed by atoms with Crippen LogP contribution in [0.5, 0.6) is 0 Å². The number of nitrogens with zero attached hydrogens (tertiary/aromatic N) is 5. The molecule has 0 unspecified atom stereocenters. The Morgan fingerprint density at radius 3 is 2.53 bits per heavy atom. The van der Waals surface area contributed by atoms with E-state index < -0.39 is 0 Å². The highest BCUT2D eigenvalue weighted by Gasteiger charge is 2.44. The van der Waals surface area contributed by atoms with E-state index in [2.05, 4.69) is 37.3 Å². The van der Waals surface area contributed by atoms with Gasteiger partial charge in [-0.1, -0.05) is 18.2 Å². The van der Waals surface area contributed by atoms with Crippen LogP contribution >= 0.6 is 0 Å². The van der Waals surface area contributed by atoms with Crippen molar-refractivity contribution in [3.63, 3.8) is 0 Å². The summed E-state index contributed by atoms with van der Waals surface area (Å²) < 4.78 is 10.3. The first kappa shape index (κ1) is 20.9. The molecule has 0 bridgehead atoms. The molecule has 1 fully saturated rings. The highest BCUT2D eigenvalue weighted by atomic mass is 16.5. The van der Waals surface area contributed by atoms with Crippen LogP contribution in [-0.2, 0) is 28.1 Å². The van der Waals surface area contributed by atoms with Crippen molar-refractivity contribution < 1.29 is 9.53 Å². The van der Waals surface area contributed by atoms with Crippen LogP contribution in [0.4, 0.5) is 0 Å². The van der Waals surface area contributed by atoms with Gasteiger partial charge in [0, 0.05) is 37.9 Å². The van der Waals surface area contributed by atoms with Crippen LogP contribution in [0.25, 0.3) is 5.69 Å². The van der Waals surface area contributed by atoms with Crippen LogP contribution in [0.1, 0.15) is 47.5 Å². The first-order valence-electron chi connectivity index (χ1n) is 11.5. The van der Waals surface area contributed by atoms with Crippen molar-refractivity contribution in [3.05, 3.63) is 64.7 Å². The van der Waals surface area contributed by atoms with E-state index in [1.54, 1.807) is 0 Å². The molecule has 1 aromatic carbocycles. The first-order valence-corrected chi connectivity index (χ1v) is 11.5. The van der Waals surface area contributed by atoms with E-state index >= 15 is 0 Å². The Bertz CT molecular complexity index is 1120. The van der Waals surface area contributed by atoms with Gasteiger partial charge in [-0.3, -0.25) is 9.48 Å². The van der Waals surface area contributed by atoms with Crippen LogP contribution < -0.4 is 0 Å². The van der Waals surface area contributed by atoms with Crippen LogP contribution in [-0.4, -0.2) is 50.1 Å². The van der Waals surface area contributed by atoms with Crippen LogP contribution in [0.2, 0.25) is 0 Å². The van der Waals surface area contributed by atoms with Gasteiger partial charge in [0.15, 0.2) is 0 Å². The molecule has 1 spiro atoms. The van der Waals surface area contributed by atoms with Gasteiger partial charge in [-0.15, -0.1) is 0 Å². The number of ether oxygens (including phenoxy) is 1. The number of fused-ring (bicyclic) bond motifs is 2. The Morgan fingerprint density at radius 1 is 1.09 bits per heavy atom. The van der Waals surface area contributed by atoms with Gasteiger partial charge < -0.3 is 9.64 Å². The second-order valence-corrected chi connectivity index (χ2v) is 9.03. The van der Waals surface area contributed by atoms with Crippen molar-refractivity contribution in [2.75, 3.05) is 19.7 Å². The van der Waals surface area contributed by atoms with Gasteiger partial charge >= 0.3 is 0 Å². The third-order valence-corrected chi connectivity index (χ3v) is 7.20. The Morgan fingerprint density at radius 2 is 1.84 bits per heavy atom. The molecule has 4 heterocycles. The molecule has 168 valence electrons. The fourth-order valence-corrected chi connectivity index (χ4v) is 4.98. The average molecular weight is 434 g/mol. The lowest BCUT2D eigenvalue weighted by molar-refractivity contribution is -0.141. The zero-order chi connectivity index (χ0) is 22.3. The van der Waals surface area contributed by atoms with E-state index in [-0.39, 0.29) is 11.5 Å². The molecule has 0 N–H and O–H groups in total. The zero-order valence-corrected chi connectivity index (χ0v) is 19.2. The predicted octanol–water partition coefficient (Wildman–Crippen LogP) is 3.47. The summed E-state index contributed by atoms with van der Waals surface area (Å²) in [5.41, 5.74) is 6.39. The molecule has 0 aliphatic carbocycles. The SMILES string of the molecule is Cc1nn(CCC(=O)N2CCC3(CC2)OCCc2cn(-c4ccccc4)nc23)c(C)c1C. The second kappa shape index (κ2) is 8.20. The summed E-state index contributed by atoms with van der Waals surface area (Å²) in [5, 5.41) is 9.50. The topological polar surface area (TPSA) is 65.2 Å². The predicted molar refractivity (Wildman–Crippen MR) is 122 cm³/mol. The molecule has 5 rings (SSSR count). The fourth-order valence-electron chi connectivity index (χ4n) is 4.98. The lowest BCUT2D eigenvalue weighted by atomic mass is 9.83. The molecule has 1 saturated heterocycles. The average Bonchev–Trinajstić information content (AvgIpc) is 3.37. The lowest BCUT2D eigenvalue weighted by Gasteiger charge is -2.43. The number of aryl methyl sites for hydroxylation is 2. The van der Waals surface area contributed by atoms with Crippen LogP contribution in [0, 0.1) is 20.8 Å². The van der Waals surface area contributed by atoms with Gasteiger partial charge in [0.25, 0.3) is 0 Å². The van der Waals surface area contributed by atoms with Gasteiger partial charge in [0.1, 0.15) is 5.60 Å². The number of para-hydroxylation sites is 1. The normalized spacial score (nSPS) is 17.5. The molecule has 32 heavy (non-hydrogen) atoms.